The number of nitrogens with zero attached hydrogens (tertiary/aromatic N) is 3. The van der Waals surface area contributed by atoms with Crippen molar-refractivity contribution < 1.29 is 36.3 Å². The highest BCUT2D eigenvalue weighted by Crippen LogP contribution is 2.40. The zero-order valence-electron chi connectivity index (χ0n) is 18.3. The van der Waals surface area contributed by atoms with Gasteiger partial charge in [-0.3, -0.25) is 14.5 Å². The van der Waals surface area contributed by atoms with E-state index in [0.29, 0.717) is 17.4 Å². The number of fused-ring (bicyclic) bond motifs is 1. The van der Waals surface area contributed by atoms with Crippen LogP contribution < -0.4 is 20.4 Å². The van der Waals surface area contributed by atoms with Crippen molar-refractivity contribution >= 4 is 62.5 Å². The van der Waals surface area contributed by atoms with E-state index in [-0.39, 0.29) is 21.6 Å². The number of carbonyl (C=O) groups is 3. The number of thiophene rings is 1. The van der Waals surface area contributed by atoms with E-state index in [1.165, 1.54) is 7.05 Å². The van der Waals surface area contributed by atoms with Gasteiger partial charge in [-0.15, -0.1) is 11.3 Å². The molecule has 1 aromatic carbocycles. The Balaban J connectivity index is 1.79. The molecular weight excluding hydrogens is 533 g/mol. The van der Waals surface area contributed by atoms with E-state index in [9.17, 15) is 36.3 Å². The number of urea groups is 1. The van der Waals surface area contributed by atoms with Gasteiger partial charge in [-0.1, -0.05) is 11.6 Å². The van der Waals surface area contributed by atoms with Crippen LogP contribution in [0.2, 0.25) is 5.02 Å². The van der Waals surface area contributed by atoms with E-state index in [4.69, 9.17) is 11.6 Å². The first-order chi connectivity index (χ1) is 16.8. The predicted octanol–water partition coefficient (Wildman–Crippen LogP) is 4.17. The molecule has 1 aliphatic heterocycles. The Morgan fingerprint density at radius 3 is 2.61 bits per heavy atom. The molecule has 0 aliphatic carbocycles. The molecule has 4 rings (SSSR count). The topological polar surface area (TPSA) is 94.6 Å². The lowest BCUT2D eigenvalue weighted by molar-refractivity contribution is -0.136. The highest BCUT2D eigenvalue weighted by Gasteiger charge is 2.42. The molecule has 4 amide bonds. The molecule has 3 aromatic rings. The third-order valence-corrected chi connectivity index (χ3v) is 6.84. The summed E-state index contributed by atoms with van der Waals surface area (Å²) in [4.78, 5) is 43.1. The van der Waals surface area contributed by atoms with Gasteiger partial charge in [0.1, 0.15) is 27.5 Å². The van der Waals surface area contributed by atoms with Crippen molar-refractivity contribution in [3.05, 3.63) is 51.4 Å². The second kappa shape index (κ2) is 9.17. The third kappa shape index (κ3) is 4.30. The standard InChI is InChI=1S/C21H15ClF5N5O3S/c1-28-17(33)13-5-8-9(21(25,26)27)6-14(30-18(8)36-13)32-12(7-29-20(32)35)19(34)31(2)11-4-3-10(23)15(22)16(11)24/h3-6,12H,7H2,1-2H3,(H,28,33)(H,29,35)/t12-/m0/s1. The third-order valence-electron chi connectivity index (χ3n) is 5.46. The summed E-state index contributed by atoms with van der Waals surface area (Å²) < 4.78 is 69.7. The van der Waals surface area contributed by atoms with Crippen LogP contribution >= 0.6 is 22.9 Å². The Morgan fingerprint density at radius 2 is 1.97 bits per heavy atom. The van der Waals surface area contributed by atoms with Crippen LogP contribution in [-0.2, 0) is 11.0 Å². The molecule has 36 heavy (non-hydrogen) atoms. The van der Waals surface area contributed by atoms with Crippen molar-refractivity contribution in [2.75, 3.05) is 30.4 Å². The van der Waals surface area contributed by atoms with Crippen LogP contribution in [0.25, 0.3) is 10.2 Å². The Kier molecular flexibility index (Phi) is 6.51. The van der Waals surface area contributed by atoms with E-state index in [1.807, 2.05) is 0 Å². The minimum Gasteiger partial charge on any atom is -0.354 e. The average Bonchev–Trinajstić information content (AvgIpc) is 3.43. The fourth-order valence-electron chi connectivity index (χ4n) is 3.67. The minimum atomic E-state index is -4.88. The summed E-state index contributed by atoms with van der Waals surface area (Å²) in [6, 6.07) is 1.11. The molecule has 1 atom stereocenters. The number of carbonyl (C=O) groups excluding carboxylic acids is 3. The zero-order chi connectivity index (χ0) is 26.5. The Hall–Kier alpha value is -3.52. The summed E-state index contributed by atoms with van der Waals surface area (Å²) in [5.74, 6) is -4.30. The van der Waals surface area contributed by atoms with Gasteiger partial charge in [0.15, 0.2) is 5.82 Å². The summed E-state index contributed by atoms with van der Waals surface area (Å²) >= 11 is 6.26. The molecule has 1 aliphatic rings. The number of rotatable bonds is 4. The van der Waals surface area contributed by atoms with E-state index < -0.39 is 63.8 Å². The normalized spacial score (nSPS) is 15.8. The van der Waals surface area contributed by atoms with Gasteiger partial charge >= 0.3 is 12.2 Å². The maximum Gasteiger partial charge on any atom is 0.417 e. The molecule has 0 spiro atoms. The zero-order valence-corrected chi connectivity index (χ0v) is 19.9. The Bertz CT molecular complexity index is 1410. The molecule has 3 heterocycles. The lowest BCUT2D eigenvalue weighted by Crippen LogP contribution is -2.47. The van der Waals surface area contributed by atoms with Crippen LogP contribution in [0.1, 0.15) is 15.2 Å². The summed E-state index contributed by atoms with van der Waals surface area (Å²) in [7, 11) is 2.46. The fourth-order valence-corrected chi connectivity index (χ4v) is 4.83. The van der Waals surface area contributed by atoms with Crippen LogP contribution in [0.5, 0.6) is 0 Å². The molecule has 0 unspecified atom stereocenters. The molecule has 2 N–H and O–H groups in total. The molecule has 2 aromatic heterocycles. The van der Waals surface area contributed by atoms with Crippen molar-refractivity contribution in [1.82, 2.24) is 15.6 Å². The number of alkyl halides is 3. The quantitative estimate of drug-likeness (QED) is 0.379. The number of pyridine rings is 1. The van der Waals surface area contributed by atoms with Crippen LogP contribution in [-0.4, -0.2) is 49.5 Å². The van der Waals surface area contributed by atoms with Crippen molar-refractivity contribution in [2.24, 2.45) is 0 Å². The molecule has 0 bridgehead atoms. The van der Waals surface area contributed by atoms with Crippen molar-refractivity contribution in [3.8, 4) is 0 Å². The van der Waals surface area contributed by atoms with Gasteiger partial charge in [0.05, 0.1) is 16.1 Å². The van der Waals surface area contributed by atoms with Gasteiger partial charge in [0.2, 0.25) is 0 Å². The largest absolute Gasteiger partial charge is 0.417 e. The number of hydrogen-bond donors (Lipinski definition) is 2. The summed E-state index contributed by atoms with van der Waals surface area (Å²) in [5, 5.41) is 3.47. The maximum absolute atomic E-state index is 14.5. The van der Waals surface area contributed by atoms with Gasteiger partial charge in [0, 0.05) is 26.0 Å². The molecule has 0 saturated carbocycles. The first kappa shape index (κ1) is 25.6. The molecule has 1 saturated heterocycles. The minimum absolute atomic E-state index is 0.0375. The monoisotopic (exact) mass is 547 g/mol. The van der Waals surface area contributed by atoms with Crippen molar-refractivity contribution in [1.29, 1.82) is 0 Å². The maximum atomic E-state index is 14.5. The molecule has 0 radical (unpaired) electrons. The van der Waals surface area contributed by atoms with Gasteiger partial charge in [-0.05, 0) is 24.3 Å². The van der Waals surface area contributed by atoms with Gasteiger partial charge < -0.3 is 15.5 Å². The Morgan fingerprint density at radius 1 is 1.28 bits per heavy atom. The van der Waals surface area contributed by atoms with Crippen LogP contribution in [0.3, 0.4) is 0 Å². The molecule has 1 fully saturated rings. The summed E-state index contributed by atoms with van der Waals surface area (Å²) in [6.45, 7) is -0.326. The van der Waals surface area contributed by atoms with E-state index in [1.54, 1.807) is 0 Å². The van der Waals surface area contributed by atoms with Crippen LogP contribution in [0.4, 0.5) is 38.3 Å². The number of benzene rings is 1. The number of aromatic nitrogens is 1. The van der Waals surface area contributed by atoms with Gasteiger partial charge in [-0.25, -0.2) is 18.6 Å². The average molecular weight is 548 g/mol. The number of hydrogen-bond acceptors (Lipinski definition) is 5. The number of nitrogens with one attached hydrogen (secondary N) is 2. The van der Waals surface area contributed by atoms with E-state index in [0.717, 1.165) is 35.0 Å². The lowest BCUT2D eigenvalue weighted by atomic mass is 10.1. The summed E-state index contributed by atoms with van der Waals surface area (Å²) in [6.07, 6.45) is -4.88. The van der Waals surface area contributed by atoms with Crippen molar-refractivity contribution in [2.45, 2.75) is 12.2 Å². The number of amides is 4. The Labute approximate surface area is 208 Å². The second-order valence-corrected chi connectivity index (χ2v) is 9.01. The molecule has 190 valence electrons. The van der Waals surface area contributed by atoms with Crippen molar-refractivity contribution in [3.63, 3.8) is 0 Å². The molecule has 8 nitrogen and oxygen atoms in total. The second-order valence-electron chi connectivity index (χ2n) is 7.60. The molecular formula is C21H15ClF5N5O3S. The number of halogens is 6. The fraction of sp³-hybridized carbons (Fsp3) is 0.238. The first-order valence-electron chi connectivity index (χ1n) is 10.1. The smallest absolute Gasteiger partial charge is 0.354 e. The highest BCUT2D eigenvalue weighted by atomic mass is 35.5. The predicted molar refractivity (Wildman–Crippen MR) is 122 cm³/mol. The van der Waals surface area contributed by atoms with Gasteiger partial charge in [-0.2, -0.15) is 13.2 Å². The first-order valence-corrected chi connectivity index (χ1v) is 11.3. The van der Waals surface area contributed by atoms with Crippen LogP contribution in [0.15, 0.2) is 24.3 Å². The summed E-state index contributed by atoms with van der Waals surface area (Å²) in [5.41, 5.74) is -1.57. The van der Waals surface area contributed by atoms with E-state index in [2.05, 4.69) is 15.6 Å². The number of anilines is 2. The van der Waals surface area contributed by atoms with Crippen LogP contribution in [0, 0.1) is 11.6 Å². The van der Waals surface area contributed by atoms with Gasteiger partial charge in [0.25, 0.3) is 11.8 Å². The van der Waals surface area contributed by atoms with E-state index >= 15 is 0 Å². The number of likely N-dealkylation sites (N-methyl/N-ethyl adjacent to an activating group) is 1. The SMILES string of the molecule is CNC(=O)c1cc2c(C(F)(F)F)cc(N3C(=O)NC[C@H]3C(=O)N(C)c3ccc(F)c(Cl)c3F)nc2s1. The lowest BCUT2D eigenvalue weighted by Gasteiger charge is -2.27. The highest BCUT2D eigenvalue weighted by molar-refractivity contribution is 7.20. The molecule has 15 heteroatoms.